The lowest BCUT2D eigenvalue weighted by Gasteiger charge is -2.39. The number of hydrogen-bond acceptors (Lipinski definition) is 5. The average Bonchev–Trinajstić information content (AvgIpc) is 3.62. The first-order valence-corrected chi connectivity index (χ1v) is 15.9. The molecule has 1 N–H and O–H groups in total. The Hall–Kier alpha value is -3.27. The molecule has 3 heterocycles. The maximum atomic E-state index is 14.7. The number of para-hydroxylation sites is 1. The van der Waals surface area contributed by atoms with E-state index in [1.54, 1.807) is 22.0 Å². The van der Waals surface area contributed by atoms with Gasteiger partial charge in [0.2, 0.25) is 17.7 Å². The Kier molecular flexibility index (Phi) is 9.54. The van der Waals surface area contributed by atoms with Crippen LogP contribution in [0, 0.1) is 11.8 Å². The second-order valence-corrected chi connectivity index (χ2v) is 12.7. The van der Waals surface area contributed by atoms with E-state index in [2.05, 4.69) is 36.0 Å². The third-order valence-electron chi connectivity index (χ3n) is 9.03. The Labute approximate surface area is 262 Å². The fourth-order valence-electron chi connectivity index (χ4n) is 7.20. The molecular weight excluding hydrogens is 610 g/mol. The van der Waals surface area contributed by atoms with Crippen LogP contribution in [-0.2, 0) is 19.1 Å². The number of aliphatic hydroxyl groups is 1. The maximum absolute atomic E-state index is 14.7. The van der Waals surface area contributed by atoms with Crippen molar-refractivity contribution in [2.75, 3.05) is 31.1 Å². The maximum Gasteiger partial charge on any atom is 0.248 e. The van der Waals surface area contributed by atoms with E-state index in [-0.39, 0.29) is 35.7 Å². The molecule has 2 aromatic carbocycles. The molecule has 228 valence electrons. The molecule has 3 saturated heterocycles. The summed E-state index contributed by atoms with van der Waals surface area (Å²) in [5, 5.41) is 10.7. The quantitative estimate of drug-likeness (QED) is 0.255. The van der Waals surface area contributed by atoms with Crippen molar-refractivity contribution in [2.24, 2.45) is 11.8 Å². The zero-order valence-corrected chi connectivity index (χ0v) is 26.1. The summed E-state index contributed by atoms with van der Waals surface area (Å²) in [6.07, 6.45) is 4.82. The topological polar surface area (TPSA) is 90.4 Å². The van der Waals surface area contributed by atoms with Crippen LogP contribution in [0.15, 0.2) is 86.0 Å². The number of alkyl halides is 1. The van der Waals surface area contributed by atoms with Crippen molar-refractivity contribution in [3.8, 4) is 0 Å². The summed E-state index contributed by atoms with van der Waals surface area (Å²) in [4.78, 5) is 48.5. The highest BCUT2D eigenvalue weighted by Gasteiger charge is 2.77. The molecule has 8 nitrogen and oxygen atoms in total. The lowest BCUT2D eigenvalue weighted by Crippen LogP contribution is -2.57. The van der Waals surface area contributed by atoms with Crippen molar-refractivity contribution in [1.82, 2.24) is 9.80 Å². The SMILES string of the molecule is C=CCN(CCCC)C(=O)C1N([C@H](CO)c2ccccc2)C(=O)[C@@H]2[C@H](C(=O)N(CC=C)c3ccccc3)[C@H]3OC12CC3Br. The summed E-state index contributed by atoms with van der Waals surface area (Å²) >= 11 is 3.77. The number of ether oxygens (including phenoxy) is 1. The number of amides is 3. The van der Waals surface area contributed by atoms with E-state index in [1.165, 1.54) is 4.90 Å². The van der Waals surface area contributed by atoms with E-state index < -0.39 is 35.6 Å². The summed E-state index contributed by atoms with van der Waals surface area (Å²) < 4.78 is 6.75. The second-order valence-electron chi connectivity index (χ2n) is 11.5. The van der Waals surface area contributed by atoms with E-state index in [4.69, 9.17) is 4.74 Å². The van der Waals surface area contributed by atoms with Gasteiger partial charge in [-0.25, -0.2) is 0 Å². The lowest BCUT2D eigenvalue weighted by molar-refractivity contribution is -0.151. The fourth-order valence-corrected chi connectivity index (χ4v) is 8.15. The Balaban J connectivity index is 1.63. The van der Waals surface area contributed by atoms with Crippen LogP contribution in [0.3, 0.4) is 0 Å². The summed E-state index contributed by atoms with van der Waals surface area (Å²) in [7, 11) is 0. The number of carbonyl (C=O) groups is 3. The van der Waals surface area contributed by atoms with Gasteiger partial charge in [-0.15, -0.1) is 13.2 Å². The molecule has 3 amide bonds. The van der Waals surface area contributed by atoms with Gasteiger partial charge in [0.05, 0.1) is 30.6 Å². The molecule has 43 heavy (non-hydrogen) atoms. The van der Waals surface area contributed by atoms with E-state index in [0.29, 0.717) is 30.8 Å². The average molecular weight is 651 g/mol. The minimum Gasteiger partial charge on any atom is -0.394 e. The van der Waals surface area contributed by atoms with Crippen molar-refractivity contribution in [1.29, 1.82) is 0 Å². The third-order valence-corrected chi connectivity index (χ3v) is 9.87. The molecule has 2 bridgehead atoms. The predicted molar refractivity (Wildman–Crippen MR) is 169 cm³/mol. The summed E-state index contributed by atoms with van der Waals surface area (Å²) in [5.74, 6) is -2.56. The van der Waals surface area contributed by atoms with Crippen molar-refractivity contribution in [3.63, 3.8) is 0 Å². The monoisotopic (exact) mass is 649 g/mol. The molecule has 2 aromatic rings. The molecule has 0 radical (unpaired) electrons. The van der Waals surface area contributed by atoms with Gasteiger partial charge in [0, 0.05) is 30.1 Å². The Morgan fingerprint density at radius 1 is 1.09 bits per heavy atom. The van der Waals surface area contributed by atoms with E-state index in [0.717, 1.165) is 12.8 Å². The van der Waals surface area contributed by atoms with E-state index in [1.807, 2.05) is 60.7 Å². The minimum atomic E-state index is -1.24. The number of hydrogen-bond donors (Lipinski definition) is 1. The molecule has 3 unspecified atom stereocenters. The zero-order valence-electron chi connectivity index (χ0n) is 24.6. The summed E-state index contributed by atoms with van der Waals surface area (Å²) in [6, 6.07) is 16.7. The van der Waals surface area contributed by atoms with Gasteiger partial charge in [-0.3, -0.25) is 14.4 Å². The number of aliphatic hydroxyl groups excluding tert-OH is 1. The largest absolute Gasteiger partial charge is 0.394 e. The number of anilines is 1. The second kappa shape index (κ2) is 13.2. The number of halogens is 1. The van der Waals surface area contributed by atoms with Crippen LogP contribution in [0.1, 0.15) is 37.8 Å². The van der Waals surface area contributed by atoms with Gasteiger partial charge >= 0.3 is 0 Å². The van der Waals surface area contributed by atoms with Crippen LogP contribution in [0.5, 0.6) is 0 Å². The molecule has 3 aliphatic rings. The highest BCUT2D eigenvalue weighted by molar-refractivity contribution is 9.09. The molecular formula is C34H40BrN3O5. The zero-order chi connectivity index (χ0) is 30.7. The smallest absolute Gasteiger partial charge is 0.248 e. The molecule has 7 atom stereocenters. The number of rotatable bonds is 13. The molecule has 0 saturated carbocycles. The van der Waals surface area contributed by atoms with Crippen LogP contribution < -0.4 is 4.90 Å². The Bertz CT molecular complexity index is 1340. The molecule has 5 rings (SSSR count). The first-order chi connectivity index (χ1) is 20.8. The van der Waals surface area contributed by atoms with E-state index in [9.17, 15) is 19.5 Å². The van der Waals surface area contributed by atoms with Crippen LogP contribution in [0.4, 0.5) is 5.69 Å². The van der Waals surface area contributed by atoms with Gasteiger partial charge in [0.1, 0.15) is 11.6 Å². The number of nitrogens with zero attached hydrogens (tertiary/aromatic N) is 3. The first kappa shape index (κ1) is 31.2. The number of likely N-dealkylation sites (tertiary alicyclic amines) is 1. The first-order valence-electron chi connectivity index (χ1n) is 15.0. The normalized spacial score (nSPS) is 27.9. The van der Waals surface area contributed by atoms with Gasteiger partial charge in [-0.05, 0) is 30.5 Å². The van der Waals surface area contributed by atoms with Crippen molar-refractivity contribution in [3.05, 3.63) is 91.5 Å². The molecule has 9 heteroatoms. The fraction of sp³-hybridized carbons (Fsp3) is 0.441. The number of benzene rings is 2. The van der Waals surface area contributed by atoms with Gasteiger partial charge in [-0.2, -0.15) is 0 Å². The number of fused-ring (bicyclic) bond motifs is 1. The Morgan fingerprint density at radius 2 is 1.74 bits per heavy atom. The van der Waals surface area contributed by atoms with Crippen molar-refractivity contribution < 1.29 is 24.2 Å². The van der Waals surface area contributed by atoms with Gasteiger partial charge in [-0.1, -0.05) is 90.0 Å². The van der Waals surface area contributed by atoms with Gasteiger partial charge in [0.25, 0.3) is 0 Å². The summed E-state index contributed by atoms with van der Waals surface area (Å²) in [6.45, 7) is 10.5. The molecule has 3 fully saturated rings. The highest BCUT2D eigenvalue weighted by atomic mass is 79.9. The van der Waals surface area contributed by atoms with Gasteiger partial charge in [0.15, 0.2) is 0 Å². The minimum absolute atomic E-state index is 0.241. The van der Waals surface area contributed by atoms with Crippen LogP contribution in [0.2, 0.25) is 0 Å². The Morgan fingerprint density at radius 3 is 2.35 bits per heavy atom. The molecule has 1 spiro atoms. The molecule has 3 aliphatic heterocycles. The van der Waals surface area contributed by atoms with Crippen LogP contribution in [-0.4, -0.2) is 81.4 Å². The predicted octanol–water partition coefficient (Wildman–Crippen LogP) is 4.50. The van der Waals surface area contributed by atoms with E-state index >= 15 is 0 Å². The van der Waals surface area contributed by atoms with Crippen LogP contribution in [0.25, 0.3) is 0 Å². The molecule has 0 aliphatic carbocycles. The summed E-state index contributed by atoms with van der Waals surface area (Å²) in [5.41, 5.74) is 0.166. The number of carbonyl (C=O) groups excluding carboxylic acids is 3. The standard InChI is InChI=1S/C34H40BrN3O5/c1-4-7-20-36(18-5-2)33(42)30-34-21-25(35)29(43-34)27(31(40)37(19-6-3)24-16-12-9-13-17-24)28(34)32(41)38(30)26(22-39)23-14-10-8-11-15-23/h5-6,8-17,25-30,39H,2-4,7,18-22H2,1H3/t25?,26-,27+,28+,29+,30?,34?/m1/s1. The highest BCUT2D eigenvalue weighted by Crippen LogP contribution is 2.61. The van der Waals surface area contributed by atoms with Crippen molar-refractivity contribution >= 4 is 39.3 Å². The molecule has 0 aromatic heterocycles. The number of unbranched alkanes of at least 4 members (excludes halogenated alkanes) is 1. The lowest BCUT2D eigenvalue weighted by atomic mass is 9.70. The third kappa shape index (κ3) is 5.36. The van der Waals surface area contributed by atoms with Crippen LogP contribution >= 0.6 is 15.9 Å². The van der Waals surface area contributed by atoms with Gasteiger partial charge < -0.3 is 24.5 Å². The van der Waals surface area contributed by atoms with Crippen molar-refractivity contribution in [2.45, 2.75) is 54.8 Å².